The maximum absolute atomic E-state index is 12.3. The number of carbonyl (C=O) groups excluding carboxylic acids is 2. The fraction of sp³-hybridized carbons (Fsp3) is 0.353. The van der Waals surface area contributed by atoms with Gasteiger partial charge in [-0.1, -0.05) is 6.92 Å². The number of hydrogen-bond acceptors (Lipinski definition) is 5. The Morgan fingerprint density at radius 1 is 1.48 bits per heavy atom. The summed E-state index contributed by atoms with van der Waals surface area (Å²) < 4.78 is 0.720. The number of anilines is 1. The summed E-state index contributed by atoms with van der Waals surface area (Å²) >= 11 is 2.59. The van der Waals surface area contributed by atoms with Crippen molar-refractivity contribution in [3.05, 3.63) is 45.6 Å². The van der Waals surface area contributed by atoms with Crippen LogP contribution in [0.1, 0.15) is 34.1 Å². The van der Waals surface area contributed by atoms with Gasteiger partial charge in [-0.25, -0.2) is 0 Å². The second-order valence-corrected chi connectivity index (χ2v) is 8.22. The molecule has 6 nitrogen and oxygen atoms in total. The van der Waals surface area contributed by atoms with Crippen molar-refractivity contribution < 1.29 is 14.3 Å². The first-order valence-corrected chi connectivity index (χ1v) is 9.81. The molecular weight excluding hydrogens is 358 g/mol. The molecule has 25 heavy (non-hydrogen) atoms. The van der Waals surface area contributed by atoms with E-state index in [0.717, 1.165) is 46.2 Å². The third kappa shape index (κ3) is 3.96. The van der Waals surface area contributed by atoms with E-state index in [4.69, 9.17) is 5.73 Å². The number of thiophene rings is 1. The highest BCUT2D eigenvalue weighted by Crippen LogP contribution is 2.39. The fourth-order valence-electron chi connectivity index (χ4n) is 2.93. The molecule has 0 unspecified atom stereocenters. The summed E-state index contributed by atoms with van der Waals surface area (Å²) in [6.45, 7) is 2.18. The summed E-state index contributed by atoms with van der Waals surface area (Å²) in [6, 6.07) is 5.03. The van der Waals surface area contributed by atoms with Gasteiger partial charge in [0, 0.05) is 17.0 Å². The van der Waals surface area contributed by atoms with E-state index in [0.29, 0.717) is 21.5 Å². The van der Waals surface area contributed by atoms with Crippen LogP contribution in [-0.4, -0.2) is 17.6 Å². The molecule has 1 aliphatic carbocycles. The van der Waals surface area contributed by atoms with Gasteiger partial charge < -0.3 is 16.3 Å². The van der Waals surface area contributed by atoms with Gasteiger partial charge in [0.15, 0.2) is 6.20 Å². The van der Waals surface area contributed by atoms with Crippen LogP contribution in [0.25, 0.3) is 0 Å². The molecule has 0 aromatic carbocycles. The number of pyridine rings is 1. The van der Waals surface area contributed by atoms with E-state index in [2.05, 4.69) is 12.2 Å². The predicted molar refractivity (Wildman–Crippen MR) is 98.8 cm³/mol. The molecule has 0 aliphatic heterocycles. The zero-order valence-corrected chi connectivity index (χ0v) is 15.4. The lowest BCUT2D eigenvalue weighted by Crippen LogP contribution is -2.28. The average Bonchev–Trinajstić information content (AvgIpc) is 2.91. The molecule has 0 spiro atoms. The second-order valence-electron chi connectivity index (χ2n) is 6.12. The van der Waals surface area contributed by atoms with Gasteiger partial charge in [0.05, 0.1) is 11.3 Å². The van der Waals surface area contributed by atoms with Crippen LogP contribution in [0, 0.1) is 11.1 Å². The smallest absolute Gasteiger partial charge is 0.251 e. The molecular formula is C17H19N3O3S2. The van der Waals surface area contributed by atoms with Crippen LogP contribution < -0.4 is 15.8 Å². The van der Waals surface area contributed by atoms with Crippen molar-refractivity contribution in [3.63, 3.8) is 0 Å². The number of primary amides is 1. The number of nitrogens with two attached hydrogens (primary N) is 1. The minimum Gasteiger partial charge on any atom is -0.618 e. The second kappa shape index (κ2) is 7.45. The summed E-state index contributed by atoms with van der Waals surface area (Å²) in [4.78, 5) is 25.3. The molecule has 132 valence electrons. The van der Waals surface area contributed by atoms with E-state index < -0.39 is 5.91 Å². The van der Waals surface area contributed by atoms with E-state index in [1.807, 2.05) is 0 Å². The molecule has 0 bridgehead atoms. The van der Waals surface area contributed by atoms with Crippen molar-refractivity contribution in [3.8, 4) is 0 Å². The van der Waals surface area contributed by atoms with E-state index >= 15 is 0 Å². The molecule has 0 radical (unpaired) electrons. The lowest BCUT2D eigenvalue weighted by Gasteiger charge is -2.18. The highest BCUT2D eigenvalue weighted by atomic mass is 32.2. The third-order valence-electron chi connectivity index (χ3n) is 4.15. The van der Waals surface area contributed by atoms with E-state index in [1.54, 1.807) is 18.2 Å². The predicted octanol–water partition coefficient (Wildman–Crippen LogP) is 2.34. The van der Waals surface area contributed by atoms with Crippen LogP contribution in [0.2, 0.25) is 0 Å². The number of amides is 2. The molecule has 1 aliphatic rings. The largest absolute Gasteiger partial charge is 0.618 e. The number of nitrogens with zero attached hydrogens (tertiary/aromatic N) is 1. The van der Waals surface area contributed by atoms with Crippen LogP contribution in [0.5, 0.6) is 0 Å². The van der Waals surface area contributed by atoms with Crippen molar-refractivity contribution in [2.75, 3.05) is 11.1 Å². The van der Waals surface area contributed by atoms with Gasteiger partial charge in [0.1, 0.15) is 5.00 Å². The van der Waals surface area contributed by atoms with Crippen molar-refractivity contribution >= 4 is 39.9 Å². The van der Waals surface area contributed by atoms with Gasteiger partial charge in [-0.3, -0.25) is 9.59 Å². The number of thioether (sulfide) groups is 1. The number of fused-ring (bicyclic) bond motifs is 1. The number of nitrogens with one attached hydrogen (secondary N) is 1. The molecule has 2 amide bonds. The Bertz CT molecular complexity index is 819. The molecule has 2 aromatic heterocycles. The molecule has 3 N–H and O–H groups in total. The van der Waals surface area contributed by atoms with Crippen LogP contribution >= 0.6 is 23.1 Å². The van der Waals surface area contributed by atoms with Crippen molar-refractivity contribution in [2.45, 2.75) is 31.2 Å². The van der Waals surface area contributed by atoms with Crippen molar-refractivity contribution in [1.29, 1.82) is 0 Å². The van der Waals surface area contributed by atoms with E-state index in [1.165, 1.54) is 17.5 Å². The van der Waals surface area contributed by atoms with Gasteiger partial charge in [-0.15, -0.1) is 11.3 Å². The Hall–Kier alpha value is -2.06. The topological polar surface area (TPSA) is 99.1 Å². The minimum absolute atomic E-state index is 0.0867. The SMILES string of the molecule is C[C@@H]1CCc2c(sc(NC(=O)CSc3cccc[n+]3[O-])c2C(N)=O)C1. The Morgan fingerprint density at radius 2 is 2.28 bits per heavy atom. The lowest BCUT2D eigenvalue weighted by atomic mass is 9.88. The summed E-state index contributed by atoms with van der Waals surface area (Å²) in [5.41, 5.74) is 6.98. The molecule has 1 atom stereocenters. The van der Waals surface area contributed by atoms with Crippen LogP contribution in [0.4, 0.5) is 5.00 Å². The van der Waals surface area contributed by atoms with Crippen LogP contribution in [0.15, 0.2) is 29.4 Å². The zero-order valence-electron chi connectivity index (χ0n) is 13.8. The first kappa shape index (κ1) is 17.8. The average molecular weight is 377 g/mol. The molecule has 3 rings (SSSR count). The van der Waals surface area contributed by atoms with Crippen LogP contribution in [-0.2, 0) is 17.6 Å². The molecule has 2 aromatic rings. The monoisotopic (exact) mass is 377 g/mol. The minimum atomic E-state index is -0.504. The highest BCUT2D eigenvalue weighted by molar-refractivity contribution is 7.99. The quantitative estimate of drug-likeness (QED) is 0.474. The highest BCUT2D eigenvalue weighted by Gasteiger charge is 2.27. The van der Waals surface area contributed by atoms with Gasteiger partial charge in [0.2, 0.25) is 5.91 Å². The summed E-state index contributed by atoms with van der Waals surface area (Å²) in [5, 5.41) is 15.4. The molecule has 2 heterocycles. The number of hydrogen-bond donors (Lipinski definition) is 2. The first-order chi connectivity index (χ1) is 12.0. The van der Waals surface area contributed by atoms with E-state index in [-0.39, 0.29) is 11.7 Å². The van der Waals surface area contributed by atoms with Crippen molar-refractivity contribution in [1.82, 2.24) is 0 Å². The maximum atomic E-state index is 12.3. The van der Waals surface area contributed by atoms with Gasteiger partial charge in [0.25, 0.3) is 10.9 Å². The number of aromatic nitrogens is 1. The van der Waals surface area contributed by atoms with Crippen molar-refractivity contribution in [2.24, 2.45) is 11.7 Å². The summed E-state index contributed by atoms with van der Waals surface area (Å²) in [5.74, 6) is -0.112. The molecule has 8 heteroatoms. The van der Waals surface area contributed by atoms with Gasteiger partial charge in [-0.05, 0) is 48.6 Å². The van der Waals surface area contributed by atoms with Gasteiger partial charge >= 0.3 is 0 Å². The molecule has 0 fully saturated rings. The Morgan fingerprint density at radius 3 is 3.00 bits per heavy atom. The number of rotatable bonds is 5. The van der Waals surface area contributed by atoms with Gasteiger partial charge in [-0.2, -0.15) is 4.73 Å². The zero-order chi connectivity index (χ0) is 18.0. The summed E-state index contributed by atoms with van der Waals surface area (Å²) in [7, 11) is 0. The Kier molecular flexibility index (Phi) is 5.29. The number of carbonyl (C=O) groups is 2. The normalized spacial score (nSPS) is 16.3. The Labute approximate surface area is 154 Å². The fourth-order valence-corrected chi connectivity index (χ4v) is 5.07. The molecule has 0 saturated carbocycles. The Balaban J connectivity index is 1.73. The lowest BCUT2D eigenvalue weighted by molar-refractivity contribution is -0.645. The van der Waals surface area contributed by atoms with Crippen LogP contribution in [0.3, 0.4) is 0 Å². The first-order valence-electron chi connectivity index (χ1n) is 8.01. The standard InChI is InChI=1S/C17H19N3O3S2/c1-10-5-6-11-12(8-10)25-17(15(11)16(18)22)19-13(21)9-24-14-4-2-3-7-20(14)23/h2-4,7,10H,5-6,8-9H2,1H3,(H2,18,22)(H,19,21)/t10-/m1/s1. The molecule has 0 saturated heterocycles. The third-order valence-corrected chi connectivity index (χ3v) is 6.34. The maximum Gasteiger partial charge on any atom is 0.251 e. The van der Waals surface area contributed by atoms with E-state index in [9.17, 15) is 14.8 Å². The summed E-state index contributed by atoms with van der Waals surface area (Å²) in [6.07, 6.45) is 4.13.